The zero-order valence-electron chi connectivity index (χ0n) is 16.2. The Hall–Kier alpha value is -2.63. The molecule has 2 rings (SSSR count). The van der Waals surface area contributed by atoms with Crippen LogP contribution in [-0.4, -0.2) is 30.3 Å². The molecule has 1 heterocycles. The molecule has 6 heteroatoms. The van der Waals surface area contributed by atoms with Crippen molar-refractivity contribution in [2.24, 2.45) is 17.1 Å². The van der Waals surface area contributed by atoms with Crippen molar-refractivity contribution < 1.29 is 19.1 Å². The van der Waals surface area contributed by atoms with Crippen LogP contribution in [-0.2, 0) is 9.53 Å². The quantitative estimate of drug-likeness (QED) is 0.539. The average molecular weight is 372 g/mol. The van der Waals surface area contributed by atoms with Crippen LogP contribution in [0.25, 0.3) is 0 Å². The number of hydrogen-bond acceptors (Lipinski definition) is 5. The fourth-order valence-electron chi connectivity index (χ4n) is 3.27. The summed E-state index contributed by atoms with van der Waals surface area (Å²) in [6.45, 7) is 9.94. The highest BCUT2D eigenvalue weighted by molar-refractivity contribution is 6.07. The topological polar surface area (TPSA) is 98.5 Å². The van der Waals surface area contributed by atoms with Gasteiger partial charge in [-0.25, -0.2) is 4.79 Å². The normalized spacial score (nSPS) is 19.0. The van der Waals surface area contributed by atoms with Crippen LogP contribution in [0.15, 0.2) is 30.9 Å². The van der Waals surface area contributed by atoms with Crippen LogP contribution in [0.2, 0.25) is 0 Å². The summed E-state index contributed by atoms with van der Waals surface area (Å²) in [6, 6.07) is 4.49. The molecule has 0 fully saturated rings. The van der Waals surface area contributed by atoms with Crippen molar-refractivity contribution in [2.45, 2.75) is 46.1 Å². The molecule has 0 aliphatic carbocycles. The second-order valence-electron chi connectivity index (χ2n) is 7.60. The molecule has 1 aliphatic rings. The fourth-order valence-corrected chi connectivity index (χ4v) is 3.27. The van der Waals surface area contributed by atoms with Gasteiger partial charge >= 0.3 is 5.97 Å². The Morgan fingerprint density at radius 2 is 2.07 bits per heavy atom. The highest BCUT2D eigenvalue weighted by Crippen LogP contribution is 2.36. The van der Waals surface area contributed by atoms with Gasteiger partial charge in [-0.05, 0) is 43.4 Å². The summed E-state index contributed by atoms with van der Waals surface area (Å²) in [5.74, 6) is -1.40. The molecule has 0 saturated heterocycles. The number of rotatable bonds is 8. The summed E-state index contributed by atoms with van der Waals surface area (Å²) in [5, 5.41) is 3.26. The van der Waals surface area contributed by atoms with Gasteiger partial charge in [-0.2, -0.15) is 0 Å². The second kappa shape index (κ2) is 8.37. The van der Waals surface area contributed by atoms with E-state index in [2.05, 4.69) is 25.7 Å². The zero-order valence-corrected chi connectivity index (χ0v) is 16.2. The molecule has 146 valence electrons. The third-order valence-electron chi connectivity index (χ3n) is 5.03. The Morgan fingerprint density at radius 1 is 1.37 bits per heavy atom. The molecule has 0 saturated carbocycles. The molecule has 0 spiro atoms. The number of ether oxygens (including phenoxy) is 1. The number of benzene rings is 1. The van der Waals surface area contributed by atoms with Gasteiger partial charge in [0.05, 0.1) is 12.2 Å². The molecule has 1 aliphatic heterocycles. The number of fused-ring (bicyclic) bond motifs is 1. The maximum absolute atomic E-state index is 13.2. The molecule has 1 aromatic carbocycles. The number of anilines is 1. The van der Waals surface area contributed by atoms with Gasteiger partial charge in [-0.1, -0.05) is 19.9 Å². The number of allylic oxidation sites excluding steroid dienone is 1. The lowest BCUT2D eigenvalue weighted by molar-refractivity contribution is -0.118. The molecule has 1 aromatic rings. The Labute approximate surface area is 160 Å². The molecule has 27 heavy (non-hydrogen) atoms. The lowest BCUT2D eigenvalue weighted by Crippen LogP contribution is -2.42. The van der Waals surface area contributed by atoms with Gasteiger partial charge in [0.15, 0.2) is 5.78 Å². The van der Waals surface area contributed by atoms with E-state index >= 15 is 0 Å². The highest BCUT2D eigenvalue weighted by atomic mass is 16.5. The Bertz CT molecular complexity index is 755. The summed E-state index contributed by atoms with van der Waals surface area (Å²) in [4.78, 5) is 36.7. The number of nitrogens with one attached hydrogen (secondary N) is 1. The third kappa shape index (κ3) is 4.96. The minimum absolute atomic E-state index is 0.0734. The van der Waals surface area contributed by atoms with E-state index < -0.39 is 17.8 Å². The van der Waals surface area contributed by atoms with Crippen LogP contribution in [0.4, 0.5) is 5.69 Å². The van der Waals surface area contributed by atoms with Gasteiger partial charge in [0, 0.05) is 29.6 Å². The standard InChI is InChI=1S/C21H28N2O4/c1-5-21(3,4)10-9-14-17(12-18(22)24)23-16-8-7-13(20(26)27-6-2)11-15(16)19(14)25/h5,7-8,11,14,17,23H,1,6,9-10,12H2,2-4H3,(H2,22,24). The van der Waals surface area contributed by atoms with Crippen LogP contribution in [0, 0.1) is 11.3 Å². The number of primary amides is 1. The van der Waals surface area contributed by atoms with Gasteiger partial charge in [0.25, 0.3) is 0 Å². The van der Waals surface area contributed by atoms with Crippen molar-refractivity contribution in [2.75, 3.05) is 11.9 Å². The lowest BCUT2D eigenvalue weighted by Gasteiger charge is -2.34. The summed E-state index contributed by atoms with van der Waals surface area (Å²) < 4.78 is 5.02. The van der Waals surface area contributed by atoms with Crippen molar-refractivity contribution >= 4 is 23.3 Å². The van der Waals surface area contributed by atoms with E-state index in [1.54, 1.807) is 25.1 Å². The van der Waals surface area contributed by atoms with Crippen LogP contribution < -0.4 is 11.1 Å². The smallest absolute Gasteiger partial charge is 0.338 e. The molecular weight excluding hydrogens is 344 g/mol. The van der Waals surface area contributed by atoms with E-state index in [1.807, 2.05) is 6.08 Å². The van der Waals surface area contributed by atoms with Crippen molar-refractivity contribution in [1.29, 1.82) is 0 Å². The van der Waals surface area contributed by atoms with Crippen LogP contribution >= 0.6 is 0 Å². The number of amides is 1. The summed E-state index contributed by atoms with van der Waals surface area (Å²) in [7, 11) is 0. The highest BCUT2D eigenvalue weighted by Gasteiger charge is 2.37. The average Bonchev–Trinajstić information content (AvgIpc) is 2.61. The first-order chi connectivity index (χ1) is 12.7. The van der Waals surface area contributed by atoms with E-state index in [-0.39, 0.29) is 30.3 Å². The first-order valence-electron chi connectivity index (χ1n) is 9.22. The molecule has 2 atom stereocenters. The number of ketones is 1. The predicted molar refractivity (Wildman–Crippen MR) is 105 cm³/mol. The number of hydrogen-bond donors (Lipinski definition) is 2. The molecule has 0 aromatic heterocycles. The monoisotopic (exact) mass is 372 g/mol. The van der Waals surface area contributed by atoms with Gasteiger partial charge in [-0.3, -0.25) is 9.59 Å². The molecule has 2 unspecified atom stereocenters. The largest absolute Gasteiger partial charge is 0.462 e. The zero-order chi connectivity index (χ0) is 20.2. The predicted octanol–water partition coefficient (Wildman–Crippen LogP) is 3.32. The van der Waals surface area contributed by atoms with Crippen molar-refractivity contribution in [3.05, 3.63) is 42.0 Å². The molecule has 6 nitrogen and oxygen atoms in total. The van der Waals surface area contributed by atoms with Crippen LogP contribution in [0.1, 0.15) is 60.7 Å². The fraction of sp³-hybridized carbons (Fsp3) is 0.476. The first-order valence-corrected chi connectivity index (χ1v) is 9.22. The second-order valence-corrected chi connectivity index (χ2v) is 7.60. The minimum atomic E-state index is -0.461. The summed E-state index contributed by atoms with van der Waals surface area (Å²) >= 11 is 0. The minimum Gasteiger partial charge on any atom is -0.462 e. The number of esters is 1. The van der Waals surface area contributed by atoms with Gasteiger partial charge in [0.2, 0.25) is 5.91 Å². The number of Topliss-reactive ketones (excluding diaryl/α,β-unsaturated/α-hetero) is 1. The van der Waals surface area contributed by atoms with E-state index in [0.29, 0.717) is 23.2 Å². The third-order valence-corrected chi connectivity index (χ3v) is 5.03. The van der Waals surface area contributed by atoms with E-state index in [0.717, 1.165) is 6.42 Å². The van der Waals surface area contributed by atoms with Gasteiger partial charge in [0.1, 0.15) is 0 Å². The van der Waals surface area contributed by atoms with Crippen LogP contribution in [0.5, 0.6) is 0 Å². The van der Waals surface area contributed by atoms with Crippen molar-refractivity contribution in [3.8, 4) is 0 Å². The van der Waals surface area contributed by atoms with E-state index in [9.17, 15) is 14.4 Å². The first kappa shape index (κ1) is 20.7. The SMILES string of the molecule is C=CC(C)(C)CCC1C(=O)c2cc(C(=O)OCC)ccc2NC1CC(N)=O. The lowest BCUT2D eigenvalue weighted by atomic mass is 9.77. The summed E-state index contributed by atoms with van der Waals surface area (Å²) in [6.07, 6.45) is 3.27. The van der Waals surface area contributed by atoms with Gasteiger partial charge in [-0.15, -0.1) is 6.58 Å². The Kier molecular flexibility index (Phi) is 6.41. The maximum Gasteiger partial charge on any atom is 0.338 e. The van der Waals surface area contributed by atoms with E-state index in [4.69, 9.17) is 10.5 Å². The molecule has 0 radical (unpaired) electrons. The number of carbonyl (C=O) groups excluding carboxylic acids is 3. The molecular formula is C21H28N2O4. The molecule has 3 N–H and O–H groups in total. The van der Waals surface area contributed by atoms with Crippen LogP contribution in [0.3, 0.4) is 0 Å². The Balaban J connectivity index is 2.34. The van der Waals surface area contributed by atoms with Crippen molar-refractivity contribution in [3.63, 3.8) is 0 Å². The Morgan fingerprint density at radius 3 is 2.67 bits per heavy atom. The van der Waals surface area contributed by atoms with E-state index in [1.165, 1.54) is 0 Å². The molecule has 0 bridgehead atoms. The molecule has 1 amide bonds. The number of nitrogens with two attached hydrogens (primary N) is 1. The van der Waals surface area contributed by atoms with Gasteiger partial charge < -0.3 is 15.8 Å². The maximum atomic E-state index is 13.2. The number of carbonyl (C=O) groups is 3. The van der Waals surface area contributed by atoms with Crippen molar-refractivity contribution in [1.82, 2.24) is 0 Å². The summed E-state index contributed by atoms with van der Waals surface area (Å²) in [5.41, 5.74) is 6.66.